The van der Waals surface area contributed by atoms with Gasteiger partial charge in [0.15, 0.2) is 18.4 Å². The van der Waals surface area contributed by atoms with Gasteiger partial charge >= 0.3 is 5.97 Å². The number of amides is 1. The fourth-order valence-electron chi connectivity index (χ4n) is 4.33. The summed E-state index contributed by atoms with van der Waals surface area (Å²) in [5, 5.41) is 11.3. The number of hydrogen-bond acceptors (Lipinski definition) is 6. The van der Waals surface area contributed by atoms with Gasteiger partial charge in [0.05, 0.1) is 5.92 Å². The van der Waals surface area contributed by atoms with Crippen LogP contribution in [0, 0.1) is 5.92 Å². The molecule has 0 bridgehead atoms. The fraction of sp³-hybridized carbons (Fsp3) is 0.200. The Morgan fingerprint density at radius 2 is 1.79 bits per heavy atom. The van der Waals surface area contributed by atoms with Crippen molar-refractivity contribution in [3.8, 4) is 5.75 Å². The van der Waals surface area contributed by atoms with Gasteiger partial charge < -0.3 is 30.1 Å². The van der Waals surface area contributed by atoms with Crippen LogP contribution in [0.5, 0.6) is 5.75 Å². The molecule has 1 amide bonds. The second kappa shape index (κ2) is 8.84. The molecule has 1 heterocycles. The van der Waals surface area contributed by atoms with E-state index in [1.807, 2.05) is 36.4 Å². The number of rotatable bonds is 8. The van der Waals surface area contributed by atoms with Crippen molar-refractivity contribution in [2.45, 2.75) is 11.5 Å². The number of para-hydroxylation sites is 1. The number of nitrogens with two attached hydrogens (primary N) is 1. The Morgan fingerprint density at radius 3 is 2.52 bits per heavy atom. The van der Waals surface area contributed by atoms with Crippen LogP contribution in [0.15, 0.2) is 66.7 Å². The molecule has 0 saturated carbocycles. The van der Waals surface area contributed by atoms with E-state index in [0.29, 0.717) is 23.3 Å². The first kappa shape index (κ1) is 22.2. The summed E-state index contributed by atoms with van der Waals surface area (Å²) in [6.07, 6.45) is 0.454. The van der Waals surface area contributed by atoms with Gasteiger partial charge in [-0.25, -0.2) is 4.79 Å². The smallest absolute Gasteiger partial charge is 0.331 e. The number of anilines is 1. The van der Waals surface area contributed by atoms with Crippen LogP contribution in [0.3, 0.4) is 0 Å². The van der Waals surface area contributed by atoms with Crippen LogP contribution in [0.1, 0.15) is 11.5 Å². The number of carbonyl (C=O) groups is 4. The van der Waals surface area contributed by atoms with Gasteiger partial charge in [-0.1, -0.05) is 54.6 Å². The van der Waals surface area contributed by atoms with Crippen molar-refractivity contribution in [2.75, 3.05) is 18.1 Å². The Labute approximate surface area is 189 Å². The van der Waals surface area contributed by atoms with Crippen molar-refractivity contribution >= 4 is 40.9 Å². The fourth-order valence-corrected chi connectivity index (χ4v) is 4.33. The van der Waals surface area contributed by atoms with Crippen molar-refractivity contribution in [3.05, 3.63) is 72.3 Å². The molecule has 33 heavy (non-hydrogen) atoms. The Bertz CT molecular complexity index is 1240. The molecule has 3 N–H and O–H groups in total. The highest BCUT2D eigenvalue weighted by molar-refractivity contribution is 6.02. The maximum Gasteiger partial charge on any atom is 0.331 e. The SMILES string of the molecule is N[C@@](C=O)(C(=O)O)C(C=O)[C@@H]1CN(C(=O)COc2cccc3ccccc23)c2ccccc21. The average molecular weight is 446 g/mol. The molecule has 3 aromatic carbocycles. The molecule has 0 aliphatic carbocycles. The molecule has 8 heteroatoms. The van der Waals surface area contributed by atoms with Crippen molar-refractivity contribution in [3.63, 3.8) is 0 Å². The summed E-state index contributed by atoms with van der Waals surface area (Å²) < 4.78 is 5.82. The first-order valence-electron chi connectivity index (χ1n) is 10.3. The normalized spacial score (nSPS) is 17.6. The van der Waals surface area contributed by atoms with Crippen LogP contribution in [-0.2, 0) is 19.2 Å². The second-order valence-corrected chi connectivity index (χ2v) is 7.95. The highest BCUT2D eigenvalue weighted by Gasteiger charge is 2.50. The molecule has 0 radical (unpaired) electrons. The minimum Gasteiger partial charge on any atom is -0.483 e. The van der Waals surface area contributed by atoms with E-state index >= 15 is 0 Å². The summed E-state index contributed by atoms with van der Waals surface area (Å²) in [4.78, 5) is 49.7. The third-order valence-corrected chi connectivity index (χ3v) is 6.11. The highest BCUT2D eigenvalue weighted by Crippen LogP contribution is 2.42. The maximum absolute atomic E-state index is 13.1. The molecule has 0 saturated heterocycles. The van der Waals surface area contributed by atoms with Crippen LogP contribution in [-0.4, -0.2) is 48.2 Å². The summed E-state index contributed by atoms with van der Waals surface area (Å²) in [5.41, 5.74) is 4.51. The zero-order valence-electron chi connectivity index (χ0n) is 17.6. The Kier molecular flexibility index (Phi) is 5.93. The van der Waals surface area contributed by atoms with E-state index in [9.17, 15) is 24.3 Å². The van der Waals surface area contributed by atoms with Crippen molar-refractivity contribution in [1.29, 1.82) is 0 Å². The van der Waals surface area contributed by atoms with Gasteiger partial charge in [0.25, 0.3) is 5.91 Å². The van der Waals surface area contributed by atoms with Gasteiger partial charge in [0.1, 0.15) is 12.0 Å². The first-order valence-corrected chi connectivity index (χ1v) is 10.3. The van der Waals surface area contributed by atoms with Gasteiger partial charge in [0.2, 0.25) is 0 Å². The lowest BCUT2D eigenvalue weighted by atomic mass is 9.75. The monoisotopic (exact) mass is 446 g/mol. The van der Waals surface area contributed by atoms with E-state index in [-0.39, 0.29) is 25.3 Å². The molecule has 3 aromatic rings. The summed E-state index contributed by atoms with van der Waals surface area (Å²) >= 11 is 0. The first-order chi connectivity index (χ1) is 15.9. The molecule has 1 unspecified atom stereocenters. The quantitative estimate of drug-likeness (QED) is 0.401. The Hall–Kier alpha value is -4.04. The Morgan fingerprint density at radius 1 is 1.09 bits per heavy atom. The molecule has 1 aliphatic rings. The highest BCUT2D eigenvalue weighted by atomic mass is 16.5. The number of aliphatic carboxylic acids is 1. The summed E-state index contributed by atoms with van der Waals surface area (Å²) in [6, 6.07) is 20.0. The van der Waals surface area contributed by atoms with E-state index in [4.69, 9.17) is 10.5 Å². The molecule has 8 nitrogen and oxygen atoms in total. The number of fused-ring (bicyclic) bond motifs is 2. The summed E-state index contributed by atoms with van der Waals surface area (Å²) in [5.74, 6) is -3.52. The van der Waals surface area contributed by atoms with E-state index < -0.39 is 23.3 Å². The lowest BCUT2D eigenvalue weighted by Crippen LogP contribution is -2.58. The van der Waals surface area contributed by atoms with Crippen molar-refractivity contribution in [2.24, 2.45) is 11.7 Å². The van der Waals surface area contributed by atoms with E-state index in [0.717, 1.165) is 10.8 Å². The zero-order chi connectivity index (χ0) is 23.6. The topological polar surface area (TPSA) is 127 Å². The molecular weight excluding hydrogens is 424 g/mol. The predicted molar refractivity (Wildman–Crippen MR) is 121 cm³/mol. The number of carbonyl (C=O) groups excluding carboxylic acids is 3. The molecule has 3 atom stereocenters. The number of ether oxygens (including phenoxy) is 1. The van der Waals surface area contributed by atoms with Crippen LogP contribution < -0.4 is 15.4 Å². The van der Waals surface area contributed by atoms with Crippen LogP contribution in [0.2, 0.25) is 0 Å². The van der Waals surface area contributed by atoms with Crippen LogP contribution in [0.25, 0.3) is 10.8 Å². The van der Waals surface area contributed by atoms with Crippen molar-refractivity contribution < 1.29 is 29.0 Å². The van der Waals surface area contributed by atoms with E-state index in [2.05, 4.69) is 0 Å². The third-order valence-electron chi connectivity index (χ3n) is 6.11. The molecule has 0 spiro atoms. The predicted octanol–water partition coefficient (Wildman–Crippen LogP) is 2.15. The largest absolute Gasteiger partial charge is 0.483 e. The summed E-state index contributed by atoms with van der Waals surface area (Å²) in [7, 11) is 0. The standard InChI is InChI=1S/C25H22N2O6/c26-25(15-29,24(31)32)20(13-28)19-12-27(21-10-4-3-9-18(19)21)23(30)14-33-22-11-5-7-16-6-1-2-8-17(16)22/h1-11,13,15,19-20H,12,14,26H2,(H,31,32)/t19-,20?,25-/m1/s1. The van der Waals surface area contributed by atoms with Gasteiger partial charge in [-0.3, -0.25) is 4.79 Å². The number of carboxylic acid groups (broad SMARTS) is 1. The number of carboxylic acids is 1. The van der Waals surface area contributed by atoms with Crippen LogP contribution in [0.4, 0.5) is 5.69 Å². The third kappa shape index (κ3) is 3.85. The van der Waals surface area contributed by atoms with Crippen LogP contribution >= 0.6 is 0 Å². The number of hydrogen-bond donors (Lipinski definition) is 2. The van der Waals surface area contributed by atoms with E-state index in [1.54, 1.807) is 30.3 Å². The lowest BCUT2D eigenvalue weighted by Gasteiger charge is -2.29. The maximum atomic E-state index is 13.1. The zero-order valence-corrected chi connectivity index (χ0v) is 17.6. The minimum absolute atomic E-state index is 0.000550. The van der Waals surface area contributed by atoms with Gasteiger partial charge in [-0.15, -0.1) is 0 Å². The van der Waals surface area contributed by atoms with Crippen molar-refractivity contribution in [1.82, 2.24) is 0 Å². The molecule has 168 valence electrons. The molecule has 0 fully saturated rings. The lowest BCUT2D eigenvalue weighted by molar-refractivity contribution is -0.149. The summed E-state index contributed by atoms with van der Waals surface area (Å²) in [6.45, 7) is -0.262. The molecule has 1 aliphatic heterocycles. The second-order valence-electron chi connectivity index (χ2n) is 7.95. The molecular formula is C25H22N2O6. The molecule has 4 rings (SSSR count). The molecule has 0 aromatic heterocycles. The number of nitrogens with zero attached hydrogens (tertiary/aromatic N) is 1. The number of benzene rings is 3. The van der Waals surface area contributed by atoms with Gasteiger partial charge in [-0.05, 0) is 23.1 Å². The average Bonchev–Trinajstić information content (AvgIpc) is 3.22. The number of aldehydes is 2. The van der Waals surface area contributed by atoms with Gasteiger partial charge in [0, 0.05) is 23.5 Å². The minimum atomic E-state index is -2.40. The van der Waals surface area contributed by atoms with E-state index in [1.165, 1.54) is 4.90 Å². The Balaban J connectivity index is 1.60. The van der Waals surface area contributed by atoms with Gasteiger partial charge in [-0.2, -0.15) is 0 Å².